The van der Waals surface area contributed by atoms with E-state index in [4.69, 9.17) is 0 Å². The van der Waals surface area contributed by atoms with Gasteiger partial charge in [0, 0.05) is 26.2 Å². The minimum absolute atomic E-state index is 0.105. The van der Waals surface area contributed by atoms with E-state index >= 15 is 0 Å². The summed E-state index contributed by atoms with van der Waals surface area (Å²) in [6.07, 6.45) is 0. The Morgan fingerprint density at radius 3 is 1.09 bits per heavy atom. The number of nitrogens with zero attached hydrogens (tertiary/aromatic N) is 11. The van der Waals surface area contributed by atoms with E-state index in [0.717, 1.165) is 5.32 Å². The molecule has 0 spiro atoms. The highest BCUT2D eigenvalue weighted by atomic mass is 16.8. The van der Waals surface area contributed by atoms with E-state index in [1.807, 2.05) is 0 Å². The van der Waals surface area contributed by atoms with Crippen LogP contribution < -0.4 is 16.0 Å². The maximum Gasteiger partial charge on any atom is 0.871 e. The summed E-state index contributed by atoms with van der Waals surface area (Å²) in [6, 6.07) is 0. The molecule has 0 aliphatic carbocycles. The van der Waals surface area contributed by atoms with Gasteiger partial charge in [-0.15, -0.1) is 0 Å². The second-order valence-corrected chi connectivity index (χ2v) is 7.47. The van der Waals surface area contributed by atoms with Gasteiger partial charge < -0.3 is 10.6 Å². The molecule has 0 saturated carbocycles. The molecule has 0 unspecified atom stereocenters. The zero-order valence-electron chi connectivity index (χ0n) is 21.1. The van der Waals surface area contributed by atoms with Gasteiger partial charge in [0.15, 0.2) is 29.6 Å². The quantitative estimate of drug-likeness (QED) is 0.0428. The van der Waals surface area contributed by atoms with E-state index in [1.165, 1.54) is 0 Å². The molecule has 44 heavy (non-hydrogen) atoms. The lowest BCUT2D eigenvalue weighted by Crippen LogP contribution is -2.92. The van der Waals surface area contributed by atoms with Crippen LogP contribution in [0.5, 0.6) is 0 Å². The molecule has 0 radical (unpaired) electrons. The lowest BCUT2D eigenvalue weighted by molar-refractivity contribution is -1.11. The highest BCUT2D eigenvalue weighted by Gasteiger charge is 3.19. The zero-order valence-corrected chi connectivity index (χ0v) is 21.1. The number of hydrogen-bond donors (Lipinski definition) is 3. The molecule has 0 heterocycles. The van der Waals surface area contributed by atoms with Crippen molar-refractivity contribution in [3.05, 3.63) is 101 Å². The van der Waals surface area contributed by atoms with Gasteiger partial charge in [0.1, 0.15) is 19.7 Å². The minimum Gasteiger partial charge on any atom is -0.316 e. The van der Waals surface area contributed by atoms with Crippen LogP contribution in [-0.4, -0.2) is 110 Å². The molecular weight excluding hydrogens is 636 g/mol. The van der Waals surface area contributed by atoms with E-state index in [0.29, 0.717) is 6.54 Å². The topological polar surface area (TPSA) is 471 Å². The molecule has 0 bridgehead atoms. The summed E-state index contributed by atoms with van der Waals surface area (Å²) < 4.78 is 0. The third-order valence-electron chi connectivity index (χ3n) is 5.38. The molecule has 246 valence electrons. The Hall–Kier alpha value is -6.32. The van der Waals surface area contributed by atoms with Crippen LogP contribution in [-0.2, 0) is 0 Å². The van der Waals surface area contributed by atoms with Gasteiger partial charge in [0.05, 0.1) is 0 Å². The van der Waals surface area contributed by atoms with Gasteiger partial charge >= 0.3 is 23.1 Å². The Labute approximate surface area is 235 Å². The van der Waals surface area contributed by atoms with Crippen molar-refractivity contribution in [3.8, 4) is 0 Å². The number of nitro groups is 10. The third-order valence-corrected chi connectivity index (χ3v) is 5.38. The fourth-order valence-corrected chi connectivity index (χ4v) is 3.61. The number of rotatable bonds is 22. The smallest absolute Gasteiger partial charge is 0.316 e. The molecule has 0 aromatic rings. The summed E-state index contributed by atoms with van der Waals surface area (Å²) in [5, 5.41) is 119. The average molecular weight is 652 g/mol. The van der Waals surface area contributed by atoms with E-state index in [1.54, 1.807) is 6.92 Å². The van der Waals surface area contributed by atoms with Crippen LogP contribution in [0.4, 0.5) is 0 Å². The second kappa shape index (κ2) is 13.6. The maximum absolute atomic E-state index is 12.2. The fourth-order valence-electron chi connectivity index (χ4n) is 3.61. The van der Waals surface area contributed by atoms with Crippen molar-refractivity contribution in [1.29, 1.82) is 0 Å². The van der Waals surface area contributed by atoms with Crippen molar-refractivity contribution in [1.82, 2.24) is 21.0 Å². The van der Waals surface area contributed by atoms with Gasteiger partial charge in [0.25, 0.3) is 0 Å². The molecule has 0 rings (SSSR count). The number of hydrogen-bond acceptors (Lipinski definition) is 23. The molecule has 0 aromatic heterocycles. The van der Waals surface area contributed by atoms with Crippen LogP contribution in [0.15, 0.2) is 0 Å². The van der Waals surface area contributed by atoms with Gasteiger partial charge in [-0.05, 0) is 6.54 Å². The van der Waals surface area contributed by atoms with Crippen LogP contribution >= 0.6 is 0 Å². The van der Waals surface area contributed by atoms with E-state index in [-0.39, 0.29) is 13.1 Å². The highest BCUT2D eigenvalue weighted by Crippen LogP contribution is 2.44. The Kier molecular flexibility index (Phi) is 11.6. The maximum atomic E-state index is 12.2. The van der Waals surface area contributed by atoms with Crippen molar-refractivity contribution in [2.75, 3.05) is 32.7 Å². The molecule has 34 nitrogen and oxygen atoms in total. The van der Waals surface area contributed by atoms with Gasteiger partial charge in [-0.3, -0.25) is 91.0 Å². The summed E-state index contributed by atoms with van der Waals surface area (Å²) in [4.78, 5) is 91.2. The summed E-state index contributed by atoms with van der Waals surface area (Å²) >= 11 is 0. The first-order valence-electron chi connectivity index (χ1n) is 10.5. The molecule has 0 amide bonds. The predicted octanol–water partition coefficient (Wildman–Crippen LogP) is -4.63. The largest absolute Gasteiger partial charge is 0.871 e. The van der Waals surface area contributed by atoms with Crippen molar-refractivity contribution in [2.24, 2.45) is 0 Å². The highest BCUT2D eigenvalue weighted by molar-refractivity contribution is 4.88. The van der Waals surface area contributed by atoms with Crippen molar-refractivity contribution in [2.45, 2.75) is 30.1 Å². The van der Waals surface area contributed by atoms with Crippen LogP contribution in [0.2, 0.25) is 0 Å². The van der Waals surface area contributed by atoms with Crippen molar-refractivity contribution < 1.29 is 49.3 Å². The van der Waals surface area contributed by atoms with Gasteiger partial charge in [-0.25, -0.2) is 10.1 Å². The average Bonchev–Trinajstić information content (AvgIpc) is 2.86. The van der Waals surface area contributed by atoms with Gasteiger partial charge in [-0.1, -0.05) is 6.92 Å². The lowest BCUT2D eigenvalue weighted by Gasteiger charge is -2.27. The lowest BCUT2D eigenvalue weighted by atomic mass is 10.0. The van der Waals surface area contributed by atoms with Gasteiger partial charge in [-0.2, -0.15) is 5.32 Å². The Morgan fingerprint density at radius 1 is 0.477 bits per heavy atom. The van der Waals surface area contributed by atoms with Crippen LogP contribution in [0.25, 0.3) is 0 Å². The van der Waals surface area contributed by atoms with Crippen molar-refractivity contribution in [3.63, 3.8) is 0 Å². The molecule has 0 atom stereocenters. The Balaban J connectivity index is 8.62. The molecule has 0 fully saturated rings. The molecule has 3 N–H and O–H groups in total. The van der Waals surface area contributed by atoms with Crippen molar-refractivity contribution >= 4 is 0 Å². The van der Waals surface area contributed by atoms with E-state index < -0.39 is 90.6 Å². The van der Waals surface area contributed by atoms with E-state index in [2.05, 4.69) is 10.6 Å². The zero-order chi connectivity index (χ0) is 35.0. The number of nitrogens with one attached hydrogen (secondary N) is 3. The SMILES string of the molecule is CCNCCNCCNC([N+](=O)[O-])([N+](=O)[O-])C(N([N+](=O)[O-])C([N+](=O)[O-])([N+](=O)[O-])C([N+](=O)[O-])([N+](=O)[O-])[N+](=O)[O-])([N+](=O)[O-])[N+](=O)[O-]. The number of likely N-dealkylation sites (N-methyl/N-ethyl adjacent to an activating group) is 1. The normalized spacial score (nSPS) is 12.0. The van der Waals surface area contributed by atoms with Crippen LogP contribution in [0, 0.1) is 101 Å². The Bertz CT molecular complexity index is 1190. The summed E-state index contributed by atoms with van der Waals surface area (Å²) in [7, 11) is 0. The predicted molar refractivity (Wildman–Crippen MR) is 122 cm³/mol. The third kappa shape index (κ3) is 5.11. The summed E-state index contributed by atoms with van der Waals surface area (Å²) in [6.45, 7) is -0.325. The first-order chi connectivity index (χ1) is 20.1. The molecule has 0 aliphatic rings. The second-order valence-electron chi connectivity index (χ2n) is 7.47. The van der Waals surface area contributed by atoms with Crippen LogP contribution in [0.3, 0.4) is 0 Å². The molecule has 0 aliphatic heterocycles. The minimum atomic E-state index is -6.89. The van der Waals surface area contributed by atoms with Crippen LogP contribution in [0.1, 0.15) is 6.92 Å². The van der Waals surface area contributed by atoms with Gasteiger partial charge in [0.2, 0.25) is 5.01 Å². The fraction of sp³-hybridized carbons (Fsp3) is 1.00. The summed E-state index contributed by atoms with van der Waals surface area (Å²) in [5.74, 6) is -25.9. The molecule has 0 saturated heterocycles. The van der Waals surface area contributed by atoms with E-state index in [9.17, 15) is 101 Å². The first-order valence-corrected chi connectivity index (χ1v) is 10.5. The Morgan fingerprint density at radius 2 is 0.818 bits per heavy atom. The number of hydrazine groups is 1. The molecule has 0 aromatic carbocycles. The molecular formula is C10H16N14O20. The summed E-state index contributed by atoms with van der Waals surface area (Å²) in [5.41, 5.74) is 0. The standard InChI is InChI=1S/C10H16N14O20/c1-2-11-3-4-12-5-6-13-7(15(25)26,16(27)28)8(17(29)30,18(31)32)14(24(43)44)9(19(33)34,20(35)36)10(21(37)38,22(39)40)23(41)42/h11-13H,2-6H2,1H3. The first kappa shape index (κ1) is 37.7. The molecule has 34 heteroatoms. The monoisotopic (exact) mass is 652 g/mol.